The van der Waals surface area contributed by atoms with Gasteiger partial charge in [0, 0.05) is 0 Å². The number of hydrogen-bond donors (Lipinski definition) is 1. The van der Waals surface area contributed by atoms with E-state index in [-0.39, 0.29) is 6.61 Å². The molecule has 1 aromatic heterocycles. The van der Waals surface area contributed by atoms with Crippen LogP contribution >= 0.6 is 0 Å². The van der Waals surface area contributed by atoms with Crippen LogP contribution in [0, 0.1) is 0 Å². The van der Waals surface area contributed by atoms with Crippen molar-refractivity contribution in [1.82, 2.24) is 15.0 Å². The third kappa shape index (κ3) is 2.94. The average Bonchev–Trinajstić information content (AvgIpc) is 2.52. The molecule has 0 fully saturated rings. The van der Waals surface area contributed by atoms with Crippen molar-refractivity contribution in [2.45, 2.75) is 6.54 Å². The lowest BCUT2D eigenvalue weighted by Gasteiger charge is -1.99. The molecular formula is C7H10N4O2. The smallest absolute Gasteiger partial charge is 0.404 e. The van der Waals surface area contributed by atoms with Crippen LogP contribution in [0.4, 0.5) is 4.79 Å². The first-order valence-corrected chi connectivity index (χ1v) is 3.67. The number of nitrogens with zero attached hydrogens (tertiary/aromatic N) is 3. The number of carbonyl (C=O) groups is 1. The van der Waals surface area contributed by atoms with Crippen LogP contribution in [0.5, 0.6) is 0 Å². The lowest BCUT2D eigenvalue weighted by atomic mass is 10.5. The van der Waals surface area contributed by atoms with Crippen LogP contribution in [0.2, 0.25) is 0 Å². The maximum atomic E-state index is 10.2. The molecule has 0 aromatic carbocycles. The maximum absolute atomic E-state index is 10.2. The fourth-order valence-corrected chi connectivity index (χ4v) is 0.740. The van der Waals surface area contributed by atoms with Crippen LogP contribution in [-0.2, 0) is 11.3 Å². The number of hydrogen-bond acceptors (Lipinski definition) is 4. The summed E-state index contributed by atoms with van der Waals surface area (Å²) >= 11 is 0. The molecule has 0 unspecified atom stereocenters. The Bertz CT molecular complexity index is 307. The van der Waals surface area contributed by atoms with Gasteiger partial charge in [0.2, 0.25) is 0 Å². The van der Waals surface area contributed by atoms with E-state index in [9.17, 15) is 4.79 Å². The zero-order chi connectivity index (χ0) is 9.68. The zero-order valence-corrected chi connectivity index (χ0v) is 7.01. The predicted molar refractivity (Wildman–Crippen MR) is 45.6 cm³/mol. The molecule has 13 heavy (non-hydrogen) atoms. The van der Waals surface area contributed by atoms with Crippen LogP contribution in [-0.4, -0.2) is 27.7 Å². The summed E-state index contributed by atoms with van der Waals surface area (Å²) in [5.41, 5.74) is 5.44. The molecule has 1 amide bonds. The van der Waals surface area contributed by atoms with Gasteiger partial charge >= 0.3 is 6.09 Å². The molecule has 0 saturated heterocycles. The first-order valence-electron chi connectivity index (χ1n) is 3.67. The minimum Gasteiger partial charge on any atom is -0.448 e. The van der Waals surface area contributed by atoms with Gasteiger partial charge in [0.05, 0.1) is 12.7 Å². The zero-order valence-electron chi connectivity index (χ0n) is 7.01. The molecule has 0 atom stereocenters. The summed E-state index contributed by atoms with van der Waals surface area (Å²) in [5.74, 6) is 0. The lowest BCUT2D eigenvalue weighted by molar-refractivity contribution is 0.149. The van der Waals surface area contributed by atoms with Gasteiger partial charge in [-0.05, 0) is 6.08 Å². The quantitative estimate of drug-likeness (QED) is 0.711. The number of ether oxygens (including phenoxy) is 1. The minimum atomic E-state index is -0.795. The molecule has 0 radical (unpaired) electrons. The van der Waals surface area contributed by atoms with E-state index in [2.05, 4.69) is 21.5 Å². The highest BCUT2D eigenvalue weighted by Gasteiger charge is 1.98. The summed E-state index contributed by atoms with van der Waals surface area (Å²) in [7, 11) is 0. The minimum absolute atomic E-state index is 0.167. The van der Waals surface area contributed by atoms with Crippen LogP contribution < -0.4 is 5.73 Å². The molecule has 70 valence electrons. The molecule has 0 spiro atoms. The molecule has 1 aromatic rings. The summed E-state index contributed by atoms with van der Waals surface area (Å²) < 4.78 is 4.50. The maximum Gasteiger partial charge on any atom is 0.404 e. The Kier molecular flexibility index (Phi) is 3.02. The summed E-state index contributed by atoms with van der Waals surface area (Å²) in [6.45, 7) is 4.08. The van der Waals surface area contributed by atoms with Crippen molar-refractivity contribution in [3.63, 3.8) is 0 Å². The van der Waals surface area contributed by atoms with Gasteiger partial charge in [-0.1, -0.05) is 6.58 Å². The Morgan fingerprint density at radius 1 is 1.85 bits per heavy atom. The normalized spacial score (nSPS) is 9.54. The van der Waals surface area contributed by atoms with Gasteiger partial charge in [-0.2, -0.15) is 15.0 Å². The third-order valence-electron chi connectivity index (χ3n) is 1.30. The Morgan fingerprint density at radius 2 is 2.62 bits per heavy atom. The van der Waals surface area contributed by atoms with Gasteiger partial charge in [-0.25, -0.2) is 4.79 Å². The highest BCUT2D eigenvalue weighted by Crippen LogP contribution is 1.92. The van der Waals surface area contributed by atoms with Crippen molar-refractivity contribution < 1.29 is 9.53 Å². The third-order valence-corrected chi connectivity index (χ3v) is 1.30. The molecule has 1 rings (SSSR count). The molecule has 0 aliphatic carbocycles. The van der Waals surface area contributed by atoms with E-state index < -0.39 is 6.09 Å². The summed E-state index contributed by atoms with van der Waals surface area (Å²) in [6.07, 6.45) is 2.35. The second-order valence-corrected chi connectivity index (χ2v) is 2.24. The van der Waals surface area contributed by atoms with E-state index in [4.69, 9.17) is 5.73 Å². The molecule has 6 heteroatoms. The Labute approximate surface area is 75.0 Å². The second kappa shape index (κ2) is 4.24. The largest absolute Gasteiger partial charge is 0.448 e. The highest BCUT2D eigenvalue weighted by molar-refractivity contribution is 5.64. The Balaban J connectivity index is 2.36. The van der Waals surface area contributed by atoms with Crippen LogP contribution in [0.3, 0.4) is 0 Å². The van der Waals surface area contributed by atoms with E-state index >= 15 is 0 Å². The predicted octanol–water partition coefficient (Wildman–Crippen LogP) is 0.0164. The highest BCUT2D eigenvalue weighted by atomic mass is 16.5. The molecule has 6 nitrogen and oxygen atoms in total. The molecule has 0 aliphatic rings. The Hall–Kier alpha value is -1.85. The lowest BCUT2D eigenvalue weighted by Crippen LogP contribution is -2.17. The van der Waals surface area contributed by atoms with Crippen molar-refractivity contribution >= 4 is 12.2 Å². The summed E-state index contributed by atoms with van der Waals surface area (Å²) in [6, 6.07) is 0. The number of amides is 1. The molecule has 0 bridgehead atoms. The fourth-order valence-electron chi connectivity index (χ4n) is 0.740. The molecular weight excluding hydrogens is 172 g/mol. The first-order chi connectivity index (χ1) is 6.22. The van der Waals surface area contributed by atoms with Crippen molar-refractivity contribution in [2.24, 2.45) is 5.73 Å². The van der Waals surface area contributed by atoms with E-state index in [0.29, 0.717) is 12.2 Å². The van der Waals surface area contributed by atoms with Crippen molar-refractivity contribution in [3.05, 3.63) is 18.5 Å². The fraction of sp³-hybridized carbons (Fsp3) is 0.286. The number of rotatable bonds is 4. The van der Waals surface area contributed by atoms with Gasteiger partial charge in [-0.3, -0.25) is 0 Å². The SMILES string of the molecule is C=Cc1cnn(CCOC(N)=O)n1. The van der Waals surface area contributed by atoms with Crippen molar-refractivity contribution in [3.8, 4) is 0 Å². The van der Waals surface area contributed by atoms with Crippen LogP contribution in [0.1, 0.15) is 5.69 Å². The Morgan fingerprint density at radius 3 is 3.15 bits per heavy atom. The molecule has 2 N–H and O–H groups in total. The number of carbonyl (C=O) groups excluding carboxylic acids is 1. The van der Waals surface area contributed by atoms with Gasteiger partial charge in [0.15, 0.2) is 0 Å². The summed E-state index contributed by atoms with van der Waals surface area (Å²) in [4.78, 5) is 11.6. The average molecular weight is 182 g/mol. The van der Waals surface area contributed by atoms with E-state index in [1.165, 1.54) is 4.80 Å². The van der Waals surface area contributed by atoms with E-state index in [1.54, 1.807) is 12.3 Å². The molecule has 0 aliphatic heterocycles. The van der Waals surface area contributed by atoms with Crippen molar-refractivity contribution in [1.29, 1.82) is 0 Å². The standard InChI is InChI=1S/C7H10N4O2/c1-2-6-5-9-11(10-6)3-4-13-7(8)12/h2,5H,1,3-4H2,(H2,8,12). The van der Waals surface area contributed by atoms with Gasteiger partial charge < -0.3 is 10.5 Å². The van der Waals surface area contributed by atoms with Gasteiger partial charge in [-0.15, -0.1) is 0 Å². The van der Waals surface area contributed by atoms with Gasteiger partial charge in [0.1, 0.15) is 12.3 Å². The van der Waals surface area contributed by atoms with Gasteiger partial charge in [0.25, 0.3) is 0 Å². The van der Waals surface area contributed by atoms with E-state index in [0.717, 1.165) is 0 Å². The molecule has 1 heterocycles. The van der Waals surface area contributed by atoms with E-state index in [1.807, 2.05) is 0 Å². The first kappa shape index (κ1) is 9.24. The van der Waals surface area contributed by atoms with Crippen molar-refractivity contribution in [2.75, 3.05) is 6.61 Å². The van der Waals surface area contributed by atoms with Crippen LogP contribution in [0.15, 0.2) is 12.8 Å². The molecule has 0 saturated carbocycles. The second-order valence-electron chi connectivity index (χ2n) is 2.24. The summed E-state index contributed by atoms with van der Waals surface area (Å²) in [5, 5.41) is 7.87. The number of aromatic nitrogens is 3. The number of primary amides is 1. The van der Waals surface area contributed by atoms with Crippen LogP contribution in [0.25, 0.3) is 6.08 Å². The number of nitrogens with two attached hydrogens (primary N) is 1. The monoisotopic (exact) mass is 182 g/mol. The topological polar surface area (TPSA) is 83.0 Å².